The second-order valence-electron chi connectivity index (χ2n) is 9.85. The summed E-state index contributed by atoms with van der Waals surface area (Å²) in [6, 6.07) is 21.8. The van der Waals surface area contributed by atoms with Crippen LogP contribution in [0, 0.1) is 0 Å². The van der Waals surface area contributed by atoms with E-state index in [0.29, 0.717) is 25.2 Å². The van der Waals surface area contributed by atoms with Gasteiger partial charge in [-0.1, -0.05) is 86.5 Å². The first kappa shape index (κ1) is 31.7. The number of aromatic carboxylic acids is 1. The van der Waals surface area contributed by atoms with E-state index in [1.807, 2.05) is 60.7 Å². The molecule has 1 unspecified atom stereocenters. The fourth-order valence-corrected chi connectivity index (χ4v) is 4.34. The third kappa shape index (κ3) is 10.3. The number of unbranched alkanes of at least 4 members (excludes halogenated alkanes) is 2. The minimum absolute atomic E-state index is 0.00928. The highest BCUT2D eigenvalue weighted by molar-refractivity contribution is 5.91. The molecule has 0 bridgehead atoms. The number of benzene rings is 3. The van der Waals surface area contributed by atoms with E-state index in [-0.39, 0.29) is 23.6 Å². The molecule has 1 atom stereocenters. The lowest BCUT2D eigenvalue weighted by atomic mass is 10.0. The highest BCUT2D eigenvalue weighted by Gasteiger charge is 2.25. The Balaban J connectivity index is 1.85. The molecule has 0 aromatic heterocycles. The molecule has 0 aliphatic carbocycles. The number of nitrogens with one attached hydrogen (secondary N) is 2. The molecule has 0 saturated carbocycles. The van der Waals surface area contributed by atoms with Gasteiger partial charge in [-0.15, -0.1) is 0 Å². The second-order valence-corrected chi connectivity index (χ2v) is 9.85. The van der Waals surface area contributed by atoms with E-state index < -0.39 is 30.6 Å². The van der Waals surface area contributed by atoms with Gasteiger partial charge in [-0.05, 0) is 35.2 Å². The van der Waals surface area contributed by atoms with Crippen LogP contribution in [0.5, 0.6) is 5.75 Å². The summed E-state index contributed by atoms with van der Waals surface area (Å²) in [5.74, 6) is -3.04. The van der Waals surface area contributed by atoms with Gasteiger partial charge in [0, 0.05) is 26.1 Å². The van der Waals surface area contributed by atoms with E-state index in [9.17, 15) is 24.3 Å². The van der Waals surface area contributed by atoms with Crippen LogP contribution in [0.1, 0.15) is 53.2 Å². The van der Waals surface area contributed by atoms with Crippen molar-refractivity contribution >= 4 is 23.9 Å². The Morgan fingerprint density at radius 3 is 2.00 bits per heavy atom. The van der Waals surface area contributed by atoms with Gasteiger partial charge in [0.2, 0.25) is 5.91 Å². The minimum Gasteiger partial charge on any atom is -0.481 e. The molecule has 10 nitrogen and oxygen atoms in total. The summed E-state index contributed by atoms with van der Waals surface area (Å²) in [6.07, 6.45) is 2.72. The number of hydrogen-bond donors (Lipinski definition) is 4. The molecule has 0 fully saturated rings. The molecule has 3 aromatic rings. The molecule has 3 amide bonds. The van der Waals surface area contributed by atoms with E-state index >= 15 is 0 Å². The Morgan fingerprint density at radius 2 is 1.45 bits per heavy atom. The maximum Gasteiger partial charge on any atom is 0.341 e. The number of carboxylic acids is 2. The van der Waals surface area contributed by atoms with E-state index in [2.05, 4.69) is 17.6 Å². The minimum atomic E-state index is -1.31. The third-order valence-corrected chi connectivity index (χ3v) is 6.48. The molecule has 222 valence electrons. The summed E-state index contributed by atoms with van der Waals surface area (Å²) in [4.78, 5) is 51.4. The van der Waals surface area contributed by atoms with Gasteiger partial charge in [0.25, 0.3) is 0 Å². The number of carbonyl (C=O) groups is 4. The zero-order valence-electron chi connectivity index (χ0n) is 23.6. The largest absolute Gasteiger partial charge is 0.481 e. The highest BCUT2D eigenvalue weighted by Crippen LogP contribution is 2.22. The standard InChI is InChI=1S/C32H37N3O7/c1-2-3-10-17-33-30(38)27(19-25-15-16-28(42-22-29(36)37)26(18-25)31(39)40)34-32(41)35(20-23-11-6-4-7-12-23)21-24-13-8-5-9-14-24/h4-9,11-16,18,27H,2-3,10,17,19-22H2,1H3,(H,33,38)(H,34,41)(H,36,37)(H,39,40). The lowest BCUT2D eigenvalue weighted by Crippen LogP contribution is -2.52. The molecule has 10 heteroatoms. The van der Waals surface area contributed by atoms with Crippen molar-refractivity contribution in [2.24, 2.45) is 0 Å². The van der Waals surface area contributed by atoms with Crippen molar-refractivity contribution in [1.29, 1.82) is 0 Å². The number of ether oxygens (including phenoxy) is 1. The predicted molar refractivity (Wildman–Crippen MR) is 157 cm³/mol. The Hall–Kier alpha value is -4.86. The molecular weight excluding hydrogens is 538 g/mol. The van der Waals surface area contributed by atoms with Crippen molar-refractivity contribution in [3.8, 4) is 5.75 Å². The van der Waals surface area contributed by atoms with Crippen LogP contribution in [0.4, 0.5) is 4.79 Å². The molecule has 0 radical (unpaired) electrons. The second kappa shape index (κ2) is 16.4. The van der Waals surface area contributed by atoms with Gasteiger partial charge in [-0.3, -0.25) is 4.79 Å². The van der Waals surface area contributed by atoms with Crippen molar-refractivity contribution in [2.45, 2.75) is 51.7 Å². The molecule has 0 spiro atoms. The molecule has 0 heterocycles. The Labute approximate surface area is 245 Å². The van der Waals surface area contributed by atoms with Gasteiger partial charge >= 0.3 is 18.0 Å². The van der Waals surface area contributed by atoms with Crippen LogP contribution in [-0.4, -0.2) is 58.2 Å². The quantitative estimate of drug-likeness (QED) is 0.184. The maximum atomic E-state index is 13.7. The molecule has 0 aliphatic rings. The summed E-state index contributed by atoms with van der Waals surface area (Å²) >= 11 is 0. The fourth-order valence-electron chi connectivity index (χ4n) is 4.34. The summed E-state index contributed by atoms with van der Waals surface area (Å²) in [5, 5.41) is 24.3. The first-order valence-corrected chi connectivity index (χ1v) is 13.9. The van der Waals surface area contributed by atoms with Crippen LogP contribution in [0.15, 0.2) is 78.9 Å². The van der Waals surface area contributed by atoms with E-state index in [0.717, 1.165) is 30.4 Å². The number of carbonyl (C=O) groups excluding carboxylic acids is 2. The average molecular weight is 576 g/mol. The molecular formula is C32H37N3O7. The number of aliphatic carboxylic acids is 1. The van der Waals surface area contributed by atoms with E-state index in [1.54, 1.807) is 11.0 Å². The normalized spacial score (nSPS) is 11.3. The van der Waals surface area contributed by atoms with Crippen LogP contribution in [-0.2, 0) is 29.1 Å². The van der Waals surface area contributed by atoms with Crippen LogP contribution < -0.4 is 15.4 Å². The molecule has 4 N–H and O–H groups in total. The van der Waals surface area contributed by atoms with Gasteiger partial charge in [0.15, 0.2) is 6.61 Å². The van der Waals surface area contributed by atoms with E-state index in [4.69, 9.17) is 9.84 Å². The molecule has 0 aliphatic heterocycles. The maximum absolute atomic E-state index is 13.7. The number of nitrogens with zero attached hydrogens (tertiary/aromatic N) is 1. The molecule has 3 aromatic carbocycles. The Kier molecular flexibility index (Phi) is 12.4. The number of carboxylic acid groups (broad SMARTS) is 2. The molecule has 0 saturated heterocycles. The first-order chi connectivity index (χ1) is 20.3. The summed E-state index contributed by atoms with van der Waals surface area (Å²) in [5.41, 5.74) is 2.07. The van der Waals surface area contributed by atoms with Crippen LogP contribution >= 0.6 is 0 Å². The predicted octanol–water partition coefficient (Wildman–Crippen LogP) is 4.48. The van der Waals surface area contributed by atoms with Crippen molar-refractivity contribution in [1.82, 2.24) is 15.5 Å². The number of amides is 3. The fraction of sp³-hybridized carbons (Fsp3) is 0.312. The van der Waals surface area contributed by atoms with Crippen molar-refractivity contribution in [3.63, 3.8) is 0 Å². The van der Waals surface area contributed by atoms with Gasteiger partial charge in [-0.25, -0.2) is 14.4 Å². The van der Waals surface area contributed by atoms with Crippen LogP contribution in [0.25, 0.3) is 0 Å². The van der Waals surface area contributed by atoms with E-state index in [1.165, 1.54) is 12.1 Å². The van der Waals surface area contributed by atoms with Crippen molar-refractivity contribution < 1.29 is 34.1 Å². The van der Waals surface area contributed by atoms with Gasteiger partial charge in [0.1, 0.15) is 17.4 Å². The summed E-state index contributed by atoms with van der Waals surface area (Å²) in [6.45, 7) is 2.43. The van der Waals surface area contributed by atoms with Crippen LogP contribution in [0.2, 0.25) is 0 Å². The van der Waals surface area contributed by atoms with Gasteiger partial charge in [-0.2, -0.15) is 0 Å². The van der Waals surface area contributed by atoms with Gasteiger partial charge in [0.05, 0.1) is 0 Å². The monoisotopic (exact) mass is 575 g/mol. The number of rotatable bonds is 16. The van der Waals surface area contributed by atoms with Gasteiger partial charge < -0.3 is 30.5 Å². The SMILES string of the molecule is CCCCCNC(=O)C(Cc1ccc(OCC(=O)O)c(C(=O)O)c1)NC(=O)N(Cc1ccccc1)Cc1ccccc1. The smallest absolute Gasteiger partial charge is 0.341 e. The summed E-state index contributed by atoms with van der Waals surface area (Å²) in [7, 11) is 0. The average Bonchev–Trinajstić information content (AvgIpc) is 2.98. The molecule has 42 heavy (non-hydrogen) atoms. The zero-order chi connectivity index (χ0) is 30.3. The number of hydrogen-bond acceptors (Lipinski definition) is 5. The topological polar surface area (TPSA) is 145 Å². The first-order valence-electron chi connectivity index (χ1n) is 13.9. The number of urea groups is 1. The van der Waals surface area contributed by atoms with Crippen molar-refractivity contribution in [3.05, 3.63) is 101 Å². The van der Waals surface area contributed by atoms with Crippen molar-refractivity contribution in [2.75, 3.05) is 13.2 Å². The zero-order valence-corrected chi connectivity index (χ0v) is 23.6. The third-order valence-electron chi connectivity index (χ3n) is 6.48. The summed E-state index contributed by atoms with van der Waals surface area (Å²) < 4.78 is 5.12. The highest BCUT2D eigenvalue weighted by atomic mass is 16.5. The Bertz CT molecular complexity index is 1290. The lowest BCUT2D eigenvalue weighted by molar-refractivity contribution is -0.139. The Morgan fingerprint density at radius 1 is 0.833 bits per heavy atom. The van der Waals surface area contributed by atoms with Crippen LogP contribution in [0.3, 0.4) is 0 Å². The lowest BCUT2D eigenvalue weighted by Gasteiger charge is -2.27. The molecule has 3 rings (SSSR count).